The van der Waals surface area contributed by atoms with Crippen molar-refractivity contribution >= 4 is 63.3 Å². The number of carbonyl (C=O) groups excluding carboxylic acids is 2. The van der Waals surface area contributed by atoms with E-state index in [1.165, 1.54) is 11.0 Å². The highest BCUT2D eigenvalue weighted by Gasteiger charge is 2.43. The van der Waals surface area contributed by atoms with Gasteiger partial charge in [0.1, 0.15) is 5.58 Å². The van der Waals surface area contributed by atoms with Crippen molar-refractivity contribution in [2.75, 3.05) is 11.5 Å². The number of anilines is 1. The van der Waals surface area contributed by atoms with Gasteiger partial charge in [0.05, 0.1) is 39.2 Å². The third-order valence-corrected chi connectivity index (χ3v) is 7.18. The van der Waals surface area contributed by atoms with Crippen LogP contribution in [-0.4, -0.2) is 18.5 Å². The molecule has 1 aliphatic heterocycles. The smallest absolute Gasteiger partial charge is 0.338 e. The van der Waals surface area contributed by atoms with E-state index in [2.05, 4.69) is 0 Å². The monoisotopic (exact) mass is 555 g/mol. The molecule has 0 fully saturated rings. The number of hydrogen-bond donors (Lipinski definition) is 0. The Morgan fingerprint density at radius 1 is 0.973 bits per heavy atom. The first-order chi connectivity index (χ1) is 17.8. The van der Waals surface area contributed by atoms with Crippen LogP contribution in [0.5, 0.6) is 0 Å². The summed E-state index contributed by atoms with van der Waals surface area (Å²) in [6, 6.07) is 15.2. The van der Waals surface area contributed by atoms with Crippen molar-refractivity contribution in [1.82, 2.24) is 0 Å². The molecule has 0 aliphatic carbocycles. The van der Waals surface area contributed by atoms with Crippen LogP contribution >= 0.6 is 34.8 Å². The van der Waals surface area contributed by atoms with Gasteiger partial charge in [-0.25, -0.2) is 4.79 Å². The minimum Gasteiger partial charge on any atom is -0.462 e. The van der Waals surface area contributed by atoms with Crippen LogP contribution in [0, 0.1) is 0 Å². The molecule has 2 heterocycles. The number of ether oxygens (including phenoxy) is 1. The summed E-state index contributed by atoms with van der Waals surface area (Å²) in [6.45, 7) is 2.34. The lowest BCUT2D eigenvalue weighted by Crippen LogP contribution is -2.29. The van der Waals surface area contributed by atoms with Crippen molar-refractivity contribution in [3.05, 3.63) is 108 Å². The van der Waals surface area contributed by atoms with E-state index < -0.39 is 17.9 Å². The van der Waals surface area contributed by atoms with Crippen molar-refractivity contribution in [2.24, 2.45) is 0 Å². The topological polar surface area (TPSA) is 76.8 Å². The molecule has 1 amide bonds. The molecule has 1 aromatic heterocycles. The lowest BCUT2D eigenvalue weighted by molar-refractivity contribution is 0.0499. The number of esters is 1. The predicted octanol–water partition coefficient (Wildman–Crippen LogP) is 7.46. The van der Waals surface area contributed by atoms with Gasteiger partial charge in [-0.3, -0.25) is 14.5 Å². The van der Waals surface area contributed by atoms with Crippen LogP contribution in [0.4, 0.5) is 5.69 Å². The molecule has 37 heavy (non-hydrogen) atoms. The quantitative estimate of drug-likeness (QED) is 0.182. The second-order valence-corrected chi connectivity index (χ2v) is 9.85. The van der Waals surface area contributed by atoms with Crippen molar-refractivity contribution in [2.45, 2.75) is 25.8 Å². The fourth-order valence-electron chi connectivity index (χ4n) is 4.36. The third kappa shape index (κ3) is 4.61. The van der Waals surface area contributed by atoms with Crippen molar-refractivity contribution < 1.29 is 18.7 Å². The third-order valence-electron chi connectivity index (χ3n) is 6.20. The number of hydrogen-bond acceptors (Lipinski definition) is 5. The summed E-state index contributed by atoms with van der Waals surface area (Å²) in [5, 5.41) is 1.24. The number of rotatable bonds is 6. The molecule has 1 aliphatic rings. The molecule has 5 rings (SSSR count). The maximum atomic E-state index is 13.7. The van der Waals surface area contributed by atoms with Gasteiger partial charge in [0.15, 0.2) is 5.43 Å². The number of unbranched alkanes of at least 4 members (excludes halogenated alkanes) is 1. The summed E-state index contributed by atoms with van der Waals surface area (Å²) in [5.41, 5.74) is 1.42. The molecule has 9 heteroatoms. The van der Waals surface area contributed by atoms with Crippen molar-refractivity contribution in [3.8, 4) is 0 Å². The first-order valence-electron chi connectivity index (χ1n) is 11.6. The summed E-state index contributed by atoms with van der Waals surface area (Å²) in [6.07, 6.45) is 1.68. The molecule has 0 radical (unpaired) electrons. The standard InChI is InChI=1S/C28H20Cl3NO5/c1-2-3-12-36-28(35)15-4-8-18(9-5-15)32-24(16-6-10-20(30)21(31)13-16)23-25(33)19-14-17(29)7-11-22(19)37-26(23)27(32)34/h4-11,13-14,24H,2-3,12H2,1H3. The van der Waals surface area contributed by atoms with Crippen LogP contribution in [0.1, 0.15) is 57.8 Å². The Morgan fingerprint density at radius 2 is 1.73 bits per heavy atom. The SMILES string of the molecule is CCCCOC(=O)c1ccc(N2C(=O)c3oc4ccc(Cl)cc4c(=O)c3C2c2ccc(Cl)c(Cl)c2)cc1. The van der Waals surface area contributed by atoms with E-state index in [-0.39, 0.29) is 32.7 Å². The second-order valence-electron chi connectivity index (χ2n) is 8.60. The molecule has 0 spiro atoms. The Labute approximate surface area is 227 Å². The molecule has 1 unspecified atom stereocenters. The summed E-state index contributed by atoms with van der Waals surface area (Å²) in [7, 11) is 0. The Hall–Kier alpha value is -3.32. The van der Waals surface area contributed by atoms with Gasteiger partial charge >= 0.3 is 5.97 Å². The molecule has 6 nitrogen and oxygen atoms in total. The lowest BCUT2D eigenvalue weighted by Gasteiger charge is -2.25. The second kappa shape index (κ2) is 10.2. The van der Waals surface area contributed by atoms with E-state index >= 15 is 0 Å². The minimum absolute atomic E-state index is 0.0704. The first-order valence-corrected chi connectivity index (χ1v) is 12.8. The largest absolute Gasteiger partial charge is 0.462 e. The van der Waals surface area contributed by atoms with Crippen LogP contribution in [0.3, 0.4) is 0 Å². The number of carbonyl (C=O) groups is 2. The zero-order chi connectivity index (χ0) is 26.3. The van der Waals surface area contributed by atoms with E-state index in [1.54, 1.807) is 54.6 Å². The van der Waals surface area contributed by atoms with Gasteiger partial charge in [-0.2, -0.15) is 0 Å². The lowest BCUT2D eigenvalue weighted by atomic mass is 9.98. The van der Waals surface area contributed by atoms with Crippen LogP contribution in [-0.2, 0) is 4.74 Å². The fourth-order valence-corrected chi connectivity index (χ4v) is 4.84. The molecule has 0 N–H and O–H groups in total. The average Bonchev–Trinajstić information content (AvgIpc) is 3.18. The molecule has 1 atom stereocenters. The highest BCUT2D eigenvalue weighted by molar-refractivity contribution is 6.42. The van der Waals surface area contributed by atoms with Crippen LogP contribution < -0.4 is 10.3 Å². The van der Waals surface area contributed by atoms with Crippen LogP contribution in [0.15, 0.2) is 69.9 Å². The Bertz CT molecular complexity index is 1600. The van der Waals surface area contributed by atoms with E-state index in [1.807, 2.05) is 6.92 Å². The maximum Gasteiger partial charge on any atom is 0.338 e. The highest BCUT2D eigenvalue weighted by Crippen LogP contribution is 2.42. The van der Waals surface area contributed by atoms with E-state index in [9.17, 15) is 14.4 Å². The summed E-state index contributed by atoms with van der Waals surface area (Å²) < 4.78 is 11.2. The minimum atomic E-state index is -0.848. The molecular formula is C28H20Cl3NO5. The van der Waals surface area contributed by atoms with Gasteiger partial charge in [-0.05, 0) is 66.6 Å². The van der Waals surface area contributed by atoms with Crippen molar-refractivity contribution in [1.29, 1.82) is 0 Å². The number of fused-ring (bicyclic) bond motifs is 2. The molecule has 3 aromatic carbocycles. The number of amides is 1. The van der Waals surface area contributed by atoms with Crippen LogP contribution in [0.2, 0.25) is 15.1 Å². The Kier molecular flexibility index (Phi) is 6.99. The molecule has 4 aromatic rings. The molecule has 0 bridgehead atoms. The molecule has 188 valence electrons. The normalized spacial score (nSPS) is 14.8. The zero-order valence-electron chi connectivity index (χ0n) is 19.6. The first kappa shape index (κ1) is 25.3. The molecule has 0 saturated heterocycles. The van der Waals surface area contributed by atoms with Gasteiger partial charge < -0.3 is 9.15 Å². The van der Waals surface area contributed by atoms with Gasteiger partial charge in [0.2, 0.25) is 5.76 Å². The summed E-state index contributed by atoms with van der Waals surface area (Å²) in [4.78, 5) is 41.2. The number of benzene rings is 3. The Balaban J connectivity index is 1.64. The van der Waals surface area contributed by atoms with E-state index in [0.717, 1.165) is 12.8 Å². The van der Waals surface area contributed by atoms with Gasteiger partial charge in [-0.1, -0.05) is 54.2 Å². The van der Waals surface area contributed by atoms with Crippen molar-refractivity contribution in [3.63, 3.8) is 0 Å². The highest BCUT2D eigenvalue weighted by atomic mass is 35.5. The van der Waals surface area contributed by atoms with Gasteiger partial charge in [-0.15, -0.1) is 0 Å². The average molecular weight is 557 g/mol. The number of nitrogens with zero attached hydrogens (tertiary/aromatic N) is 1. The maximum absolute atomic E-state index is 13.7. The van der Waals surface area contributed by atoms with E-state index in [4.69, 9.17) is 44.0 Å². The Morgan fingerprint density at radius 3 is 2.43 bits per heavy atom. The summed E-state index contributed by atoms with van der Waals surface area (Å²) in [5.74, 6) is -1.02. The predicted molar refractivity (Wildman–Crippen MR) is 144 cm³/mol. The van der Waals surface area contributed by atoms with Crippen LogP contribution in [0.25, 0.3) is 11.0 Å². The zero-order valence-corrected chi connectivity index (χ0v) is 21.9. The van der Waals surface area contributed by atoms with Gasteiger partial charge in [0.25, 0.3) is 5.91 Å². The molecule has 0 saturated carbocycles. The molecular weight excluding hydrogens is 537 g/mol. The van der Waals surface area contributed by atoms with Gasteiger partial charge in [0, 0.05) is 10.7 Å². The van der Waals surface area contributed by atoms with E-state index in [0.29, 0.717) is 33.5 Å². The number of halogens is 3. The summed E-state index contributed by atoms with van der Waals surface area (Å²) >= 11 is 18.6. The fraction of sp³-hybridized carbons (Fsp3) is 0.179.